The number of sulfonamides is 1. The molecule has 4 rings (SSSR count). The van der Waals surface area contributed by atoms with Gasteiger partial charge in [-0.3, -0.25) is 13.9 Å². The van der Waals surface area contributed by atoms with Gasteiger partial charge in [0.1, 0.15) is 12.6 Å². The lowest BCUT2D eigenvalue weighted by atomic mass is 9.95. The van der Waals surface area contributed by atoms with Crippen molar-refractivity contribution >= 4 is 27.5 Å². The van der Waals surface area contributed by atoms with E-state index in [1.807, 2.05) is 44.2 Å². The van der Waals surface area contributed by atoms with Crippen LogP contribution < -0.4 is 19.1 Å². The molecule has 10 heteroatoms. The predicted molar refractivity (Wildman–Crippen MR) is 176 cm³/mol. The molecule has 1 unspecified atom stereocenters. The highest BCUT2D eigenvalue weighted by Gasteiger charge is 2.34. The van der Waals surface area contributed by atoms with Crippen molar-refractivity contribution in [2.45, 2.75) is 75.8 Å². The SMILES string of the molecule is CCC(C(=O)NC1CCCCC1)N(CCc1ccccc1)C(=O)CN(c1ccc(OC)c(OC)c1)S(=O)(=O)c1ccc(C)cc1. The molecule has 1 fully saturated rings. The van der Waals surface area contributed by atoms with Gasteiger partial charge in [0.2, 0.25) is 11.8 Å². The number of nitrogens with one attached hydrogen (secondary N) is 1. The molecule has 0 aliphatic heterocycles. The van der Waals surface area contributed by atoms with Gasteiger partial charge in [0.05, 0.1) is 24.8 Å². The zero-order valence-corrected chi connectivity index (χ0v) is 27.5. The number of benzene rings is 3. The van der Waals surface area contributed by atoms with E-state index >= 15 is 0 Å². The van der Waals surface area contributed by atoms with E-state index in [2.05, 4.69) is 5.32 Å². The molecule has 1 aliphatic rings. The van der Waals surface area contributed by atoms with Crippen molar-refractivity contribution in [3.05, 3.63) is 83.9 Å². The van der Waals surface area contributed by atoms with Crippen LogP contribution in [0.4, 0.5) is 5.69 Å². The molecule has 1 saturated carbocycles. The maximum atomic E-state index is 14.3. The van der Waals surface area contributed by atoms with Crippen molar-refractivity contribution in [3.63, 3.8) is 0 Å². The van der Waals surface area contributed by atoms with Crippen molar-refractivity contribution in [1.29, 1.82) is 0 Å². The van der Waals surface area contributed by atoms with Crippen molar-refractivity contribution in [2.24, 2.45) is 0 Å². The predicted octanol–water partition coefficient (Wildman–Crippen LogP) is 5.51. The van der Waals surface area contributed by atoms with Crippen LogP contribution in [0.2, 0.25) is 0 Å². The first-order valence-corrected chi connectivity index (χ1v) is 17.1. The standard InChI is InChI=1S/C35H45N3O6S/c1-5-31(35(40)36-28-14-10-7-11-15-28)37(23-22-27-12-8-6-9-13-27)34(39)25-38(29-18-21-32(43-3)33(24-29)44-4)45(41,42)30-19-16-26(2)17-20-30/h6,8-9,12-13,16-21,24,28,31H,5,7,10-11,14-15,22-23,25H2,1-4H3,(H,36,40). The molecule has 242 valence electrons. The van der Waals surface area contributed by atoms with Crippen LogP contribution in [0.3, 0.4) is 0 Å². The molecule has 0 spiro atoms. The normalized spacial score (nSPS) is 14.3. The summed E-state index contributed by atoms with van der Waals surface area (Å²) in [4.78, 5) is 29.6. The fourth-order valence-electron chi connectivity index (χ4n) is 5.79. The van der Waals surface area contributed by atoms with Crippen LogP contribution in [0, 0.1) is 6.92 Å². The smallest absolute Gasteiger partial charge is 0.264 e. The lowest BCUT2D eigenvalue weighted by molar-refractivity contribution is -0.140. The molecule has 0 aromatic heterocycles. The van der Waals surface area contributed by atoms with E-state index in [1.54, 1.807) is 35.2 Å². The van der Waals surface area contributed by atoms with Crippen molar-refractivity contribution in [1.82, 2.24) is 10.2 Å². The van der Waals surface area contributed by atoms with Crippen LogP contribution in [0.5, 0.6) is 11.5 Å². The quantitative estimate of drug-likeness (QED) is 0.251. The van der Waals surface area contributed by atoms with E-state index in [4.69, 9.17) is 9.47 Å². The number of carbonyl (C=O) groups is 2. The Bertz CT molecular complexity index is 1520. The highest BCUT2D eigenvalue weighted by molar-refractivity contribution is 7.92. The number of carbonyl (C=O) groups excluding carboxylic acids is 2. The van der Waals surface area contributed by atoms with Gasteiger partial charge in [-0.1, -0.05) is 74.2 Å². The zero-order chi connectivity index (χ0) is 32.4. The first-order valence-electron chi connectivity index (χ1n) is 15.6. The van der Waals surface area contributed by atoms with Gasteiger partial charge in [-0.15, -0.1) is 0 Å². The Balaban J connectivity index is 1.71. The van der Waals surface area contributed by atoms with Gasteiger partial charge in [0.15, 0.2) is 11.5 Å². The van der Waals surface area contributed by atoms with Gasteiger partial charge in [0.25, 0.3) is 10.0 Å². The molecular weight excluding hydrogens is 590 g/mol. The molecule has 45 heavy (non-hydrogen) atoms. The number of aryl methyl sites for hydroxylation is 1. The van der Waals surface area contributed by atoms with E-state index in [-0.39, 0.29) is 29.1 Å². The average Bonchev–Trinajstić information content (AvgIpc) is 3.06. The topological polar surface area (TPSA) is 105 Å². The van der Waals surface area contributed by atoms with Gasteiger partial charge < -0.3 is 19.7 Å². The van der Waals surface area contributed by atoms with Gasteiger partial charge in [-0.05, 0) is 62.4 Å². The third kappa shape index (κ3) is 8.57. The number of hydrogen-bond acceptors (Lipinski definition) is 6. The summed E-state index contributed by atoms with van der Waals surface area (Å²) in [5.74, 6) is 0.0767. The number of methoxy groups -OCH3 is 2. The Morgan fingerprint density at radius 1 is 0.911 bits per heavy atom. The molecule has 3 aromatic rings. The van der Waals surface area contributed by atoms with Gasteiger partial charge in [-0.2, -0.15) is 0 Å². The first kappa shape index (κ1) is 33.8. The maximum Gasteiger partial charge on any atom is 0.264 e. The van der Waals surface area contributed by atoms with Crippen LogP contribution in [0.25, 0.3) is 0 Å². The molecule has 1 aliphatic carbocycles. The molecular formula is C35H45N3O6S. The third-order valence-electron chi connectivity index (χ3n) is 8.36. The summed E-state index contributed by atoms with van der Waals surface area (Å²) in [6.07, 6.45) is 6.03. The number of ether oxygens (including phenoxy) is 2. The molecule has 2 amide bonds. The number of rotatable bonds is 14. The monoisotopic (exact) mass is 635 g/mol. The van der Waals surface area contributed by atoms with Crippen LogP contribution in [0.1, 0.15) is 56.6 Å². The molecule has 1 atom stereocenters. The van der Waals surface area contributed by atoms with E-state index in [9.17, 15) is 18.0 Å². The summed E-state index contributed by atoms with van der Waals surface area (Å²) < 4.78 is 40.3. The summed E-state index contributed by atoms with van der Waals surface area (Å²) in [5, 5.41) is 3.18. The van der Waals surface area contributed by atoms with Crippen molar-refractivity contribution < 1.29 is 27.5 Å². The third-order valence-corrected chi connectivity index (χ3v) is 10.2. The molecule has 9 nitrogen and oxygen atoms in total. The summed E-state index contributed by atoms with van der Waals surface area (Å²) in [5.41, 5.74) is 2.16. The summed E-state index contributed by atoms with van der Waals surface area (Å²) >= 11 is 0. The fraction of sp³-hybridized carbons (Fsp3) is 0.429. The number of nitrogens with zero attached hydrogens (tertiary/aromatic N) is 2. The zero-order valence-electron chi connectivity index (χ0n) is 26.7. The average molecular weight is 636 g/mol. The Hall–Kier alpha value is -4.05. The van der Waals surface area contributed by atoms with E-state index < -0.39 is 28.5 Å². The highest BCUT2D eigenvalue weighted by atomic mass is 32.2. The molecule has 0 heterocycles. The molecule has 0 radical (unpaired) electrons. The fourth-order valence-corrected chi connectivity index (χ4v) is 7.19. The van der Waals surface area contributed by atoms with E-state index in [1.165, 1.54) is 26.4 Å². The minimum absolute atomic E-state index is 0.0496. The molecule has 3 aromatic carbocycles. The molecule has 0 saturated heterocycles. The highest BCUT2D eigenvalue weighted by Crippen LogP contribution is 2.34. The number of anilines is 1. The minimum Gasteiger partial charge on any atom is -0.493 e. The van der Waals surface area contributed by atoms with Crippen LogP contribution in [-0.2, 0) is 26.0 Å². The maximum absolute atomic E-state index is 14.3. The van der Waals surface area contributed by atoms with Crippen molar-refractivity contribution in [2.75, 3.05) is 31.6 Å². The Morgan fingerprint density at radius 3 is 2.20 bits per heavy atom. The number of amides is 2. The van der Waals surface area contributed by atoms with Crippen LogP contribution in [0.15, 0.2) is 77.7 Å². The van der Waals surface area contributed by atoms with Crippen LogP contribution >= 0.6 is 0 Å². The molecule has 0 bridgehead atoms. The number of hydrogen-bond donors (Lipinski definition) is 1. The lowest BCUT2D eigenvalue weighted by Crippen LogP contribution is -2.54. The van der Waals surface area contributed by atoms with Crippen molar-refractivity contribution in [3.8, 4) is 11.5 Å². The second kappa shape index (κ2) is 15.8. The minimum atomic E-state index is -4.20. The Labute approximate surface area is 267 Å². The molecule has 1 N–H and O–H groups in total. The van der Waals surface area contributed by atoms with E-state index in [0.29, 0.717) is 24.3 Å². The summed E-state index contributed by atoms with van der Waals surface area (Å²) in [7, 11) is -1.24. The van der Waals surface area contributed by atoms with Gasteiger partial charge in [-0.25, -0.2) is 8.42 Å². The Kier molecular flexibility index (Phi) is 11.9. The van der Waals surface area contributed by atoms with Gasteiger partial charge >= 0.3 is 0 Å². The summed E-state index contributed by atoms with van der Waals surface area (Å²) in [6, 6.07) is 20.3. The second-order valence-electron chi connectivity index (χ2n) is 11.5. The summed E-state index contributed by atoms with van der Waals surface area (Å²) in [6.45, 7) is 3.50. The van der Waals surface area contributed by atoms with Gasteiger partial charge in [0, 0.05) is 18.7 Å². The largest absolute Gasteiger partial charge is 0.493 e. The lowest BCUT2D eigenvalue weighted by Gasteiger charge is -2.34. The van der Waals surface area contributed by atoms with E-state index in [0.717, 1.165) is 47.5 Å². The Morgan fingerprint density at radius 2 is 1.58 bits per heavy atom. The first-order chi connectivity index (χ1) is 21.7. The second-order valence-corrected chi connectivity index (χ2v) is 13.3. The van der Waals surface area contributed by atoms with Crippen LogP contribution in [-0.4, -0.2) is 64.5 Å².